The number of H-pyrrole nitrogens is 1. The summed E-state index contributed by atoms with van der Waals surface area (Å²) in [7, 11) is 0. The standard InChI is InChI=1S/C22H23N7O2/c30-22-18-10-4-5-11-19(18)23-20(24-22)14-28(13-17-9-6-12-31-17)15-21-25-26-27-29(21)16-7-2-1-3-8-16/h1-5,7-8,10-11,17H,6,9,12-15H2,(H,23,24,30)/t17-/m0/s1. The van der Waals surface area contributed by atoms with Crippen LogP contribution in [-0.2, 0) is 17.8 Å². The van der Waals surface area contributed by atoms with Gasteiger partial charge in [0.05, 0.1) is 35.8 Å². The van der Waals surface area contributed by atoms with Crippen LogP contribution >= 0.6 is 0 Å². The van der Waals surface area contributed by atoms with E-state index in [-0.39, 0.29) is 11.7 Å². The number of rotatable bonds is 7. The van der Waals surface area contributed by atoms with E-state index in [1.807, 2.05) is 48.5 Å². The number of aromatic amines is 1. The Labute approximate surface area is 178 Å². The van der Waals surface area contributed by atoms with E-state index in [2.05, 4.69) is 30.4 Å². The van der Waals surface area contributed by atoms with Gasteiger partial charge in [0.1, 0.15) is 5.82 Å². The number of hydrogen-bond donors (Lipinski definition) is 1. The predicted octanol–water partition coefficient (Wildman–Crippen LogP) is 2.08. The molecule has 9 heteroatoms. The van der Waals surface area contributed by atoms with Gasteiger partial charge in [0.2, 0.25) is 0 Å². The molecule has 0 amide bonds. The molecule has 1 aliphatic heterocycles. The molecule has 2 aromatic heterocycles. The summed E-state index contributed by atoms with van der Waals surface area (Å²) in [6, 6.07) is 17.2. The first-order valence-corrected chi connectivity index (χ1v) is 10.4. The van der Waals surface area contributed by atoms with Crippen molar-refractivity contribution in [2.24, 2.45) is 0 Å². The lowest BCUT2D eigenvalue weighted by Gasteiger charge is -2.24. The number of hydrogen-bond acceptors (Lipinski definition) is 7. The van der Waals surface area contributed by atoms with Crippen molar-refractivity contribution >= 4 is 10.9 Å². The topological polar surface area (TPSA) is 102 Å². The largest absolute Gasteiger partial charge is 0.377 e. The molecular weight excluding hydrogens is 394 g/mol. The first-order chi connectivity index (χ1) is 15.3. The van der Waals surface area contributed by atoms with Gasteiger partial charge in [-0.25, -0.2) is 4.98 Å². The maximum absolute atomic E-state index is 12.5. The van der Waals surface area contributed by atoms with Crippen LogP contribution < -0.4 is 5.56 Å². The highest BCUT2D eigenvalue weighted by atomic mass is 16.5. The van der Waals surface area contributed by atoms with Gasteiger partial charge in [-0.05, 0) is 47.5 Å². The lowest BCUT2D eigenvalue weighted by atomic mass is 10.2. The summed E-state index contributed by atoms with van der Waals surface area (Å²) in [5.41, 5.74) is 1.45. The van der Waals surface area contributed by atoms with Crippen molar-refractivity contribution in [3.8, 4) is 5.69 Å². The molecule has 4 aromatic rings. The normalized spacial score (nSPS) is 16.4. The lowest BCUT2D eigenvalue weighted by Crippen LogP contribution is -2.33. The van der Waals surface area contributed by atoms with Crippen LogP contribution in [0.4, 0.5) is 0 Å². The zero-order chi connectivity index (χ0) is 21.0. The van der Waals surface area contributed by atoms with Crippen LogP contribution in [0.3, 0.4) is 0 Å². The van der Waals surface area contributed by atoms with Gasteiger partial charge in [-0.1, -0.05) is 30.3 Å². The SMILES string of the molecule is O=c1[nH]c(CN(Cc2nnnn2-c2ccccc2)C[C@@H]2CCCO2)nc2ccccc12. The highest BCUT2D eigenvalue weighted by Crippen LogP contribution is 2.17. The van der Waals surface area contributed by atoms with Crippen LogP contribution in [0.15, 0.2) is 59.4 Å². The van der Waals surface area contributed by atoms with Gasteiger partial charge in [-0.3, -0.25) is 9.69 Å². The Hall–Kier alpha value is -3.43. The van der Waals surface area contributed by atoms with Gasteiger partial charge in [0.15, 0.2) is 5.82 Å². The van der Waals surface area contributed by atoms with E-state index in [0.717, 1.165) is 25.1 Å². The summed E-state index contributed by atoms with van der Waals surface area (Å²) >= 11 is 0. The monoisotopic (exact) mass is 417 g/mol. The molecule has 0 spiro atoms. The van der Waals surface area contributed by atoms with Crippen LogP contribution in [0.5, 0.6) is 0 Å². The van der Waals surface area contributed by atoms with Crippen molar-refractivity contribution in [3.05, 3.63) is 76.6 Å². The van der Waals surface area contributed by atoms with Gasteiger partial charge in [-0.2, -0.15) is 4.68 Å². The van der Waals surface area contributed by atoms with Crippen molar-refractivity contribution in [3.63, 3.8) is 0 Å². The molecule has 9 nitrogen and oxygen atoms in total. The minimum atomic E-state index is -0.133. The summed E-state index contributed by atoms with van der Waals surface area (Å²) in [6.45, 7) is 2.45. The Morgan fingerprint density at radius 1 is 1.10 bits per heavy atom. The van der Waals surface area contributed by atoms with Crippen molar-refractivity contribution in [2.45, 2.75) is 32.0 Å². The third kappa shape index (κ3) is 4.37. The number of benzene rings is 2. The van der Waals surface area contributed by atoms with E-state index in [1.54, 1.807) is 10.7 Å². The molecular formula is C22H23N7O2. The number of fused-ring (bicyclic) bond motifs is 1. The highest BCUT2D eigenvalue weighted by Gasteiger charge is 2.22. The molecule has 0 radical (unpaired) electrons. The van der Waals surface area contributed by atoms with Crippen LogP contribution in [0, 0.1) is 0 Å². The summed E-state index contributed by atoms with van der Waals surface area (Å²) in [4.78, 5) is 22.3. The predicted molar refractivity (Wildman–Crippen MR) is 115 cm³/mol. The van der Waals surface area contributed by atoms with Crippen molar-refractivity contribution in [1.82, 2.24) is 35.1 Å². The molecule has 0 bridgehead atoms. The molecule has 0 saturated carbocycles. The third-order valence-electron chi connectivity index (χ3n) is 5.42. The van der Waals surface area contributed by atoms with Crippen molar-refractivity contribution in [1.29, 1.82) is 0 Å². The van der Waals surface area contributed by atoms with Gasteiger partial charge in [-0.15, -0.1) is 5.10 Å². The molecule has 1 saturated heterocycles. The minimum Gasteiger partial charge on any atom is -0.377 e. The zero-order valence-corrected chi connectivity index (χ0v) is 17.0. The first-order valence-electron chi connectivity index (χ1n) is 10.4. The van der Waals surface area contributed by atoms with Crippen molar-refractivity contribution in [2.75, 3.05) is 13.2 Å². The maximum Gasteiger partial charge on any atom is 0.258 e. The first kappa shape index (κ1) is 19.5. The Balaban J connectivity index is 1.43. The number of tetrazole rings is 1. The van der Waals surface area contributed by atoms with Gasteiger partial charge in [0, 0.05) is 13.2 Å². The quantitative estimate of drug-likeness (QED) is 0.491. The third-order valence-corrected chi connectivity index (χ3v) is 5.42. The molecule has 1 fully saturated rings. The minimum absolute atomic E-state index is 0.133. The molecule has 2 aromatic carbocycles. The molecule has 0 aliphatic carbocycles. The fourth-order valence-corrected chi connectivity index (χ4v) is 3.96. The van der Waals surface area contributed by atoms with Gasteiger partial charge in [0.25, 0.3) is 5.56 Å². The summed E-state index contributed by atoms with van der Waals surface area (Å²) in [6.07, 6.45) is 2.22. The number of nitrogens with one attached hydrogen (secondary N) is 1. The van der Waals surface area contributed by atoms with Crippen LogP contribution in [-0.4, -0.2) is 54.3 Å². The Morgan fingerprint density at radius 2 is 1.94 bits per heavy atom. The van der Waals surface area contributed by atoms with E-state index < -0.39 is 0 Å². The number of para-hydroxylation sites is 2. The van der Waals surface area contributed by atoms with Gasteiger partial charge < -0.3 is 9.72 Å². The summed E-state index contributed by atoms with van der Waals surface area (Å²) in [5, 5.41) is 12.9. The maximum atomic E-state index is 12.5. The molecule has 5 rings (SSSR count). The molecule has 1 N–H and O–H groups in total. The van der Waals surface area contributed by atoms with E-state index in [0.29, 0.717) is 42.2 Å². The molecule has 1 atom stereocenters. The Bertz CT molecular complexity index is 1220. The summed E-state index contributed by atoms with van der Waals surface area (Å²) < 4.78 is 7.59. The Kier molecular flexibility index (Phi) is 5.51. The molecule has 3 heterocycles. The van der Waals surface area contributed by atoms with Gasteiger partial charge >= 0.3 is 0 Å². The average molecular weight is 417 g/mol. The second-order valence-electron chi connectivity index (χ2n) is 7.68. The van der Waals surface area contributed by atoms with E-state index >= 15 is 0 Å². The summed E-state index contributed by atoms with van der Waals surface area (Å²) in [5.74, 6) is 1.33. The number of aromatic nitrogens is 6. The van der Waals surface area contributed by atoms with Crippen LogP contribution in [0.25, 0.3) is 16.6 Å². The highest BCUT2D eigenvalue weighted by molar-refractivity contribution is 5.77. The molecule has 1 aliphatic rings. The van der Waals surface area contributed by atoms with E-state index in [9.17, 15) is 4.79 Å². The number of ether oxygens (including phenoxy) is 1. The zero-order valence-electron chi connectivity index (χ0n) is 17.0. The molecule has 158 valence electrons. The Morgan fingerprint density at radius 3 is 2.77 bits per heavy atom. The fraction of sp³-hybridized carbons (Fsp3) is 0.318. The molecule has 0 unspecified atom stereocenters. The lowest BCUT2D eigenvalue weighted by molar-refractivity contribution is 0.0658. The second-order valence-corrected chi connectivity index (χ2v) is 7.68. The average Bonchev–Trinajstić information content (AvgIpc) is 3.47. The van der Waals surface area contributed by atoms with Crippen molar-refractivity contribution < 1.29 is 4.74 Å². The second kappa shape index (κ2) is 8.75. The van der Waals surface area contributed by atoms with E-state index in [4.69, 9.17) is 4.74 Å². The number of nitrogens with zero attached hydrogens (tertiary/aromatic N) is 6. The van der Waals surface area contributed by atoms with Crippen LogP contribution in [0.1, 0.15) is 24.5 Å². The fourth-order valence-electron chi connectivity index (χ4n) is 3.96. The van der Waals surface area contributed by atoms with Crippen LogP contribution in [0.2, 0.25) is 0 Å². The van der Waals surface area contributed by atoms with E-state index in [1.165, 1.54) is 0 Å². The molecule has 31 heavy (non-hydrogen) atoms. The smallest absolute Gasteiger partial charge is 0.258 e.